The molecule has 2 unspecified atom stereocenters. The van der Waals surface area contributed by atoms with Crippen molar-refractivity contribution in [3.8, 4) is 44.5 Å². The van der Waals surface area contributed by atoms with E-state index in [-0.39, 0.29) is 10.8 Å². The molecule has 0 radical (unpaired) electrons. The molecule has 13 aromatic rings. The lowest BCUT2D eigenvalue weighted by Gasteiger charge is -2.37. The SMILES string of the molecule is C=Cc1ccc(C2(c3ccc(C(C)(C)C)cc3)C3=C(C=CCC3)c3ccc(N(c4ccc(-c5ccccc5)cc4)c4ccc(-c5ccc(N(c6ccc(-c7ccccc7)cc6)c6ccc7c(c6)C(c6ccc(C=C)cc6)(c6ccc(C(C)(C)C)cc6)c6ccccc6-7)cc5)cc4)cc32)cc1. The Kier molecular flexibility index (Phi) is 16.0. The van der Waals surface area contributed by atoms with Gasteiger partial charge in [-0.05, 0) is 219 Å². The average molecular weight is 1290 g/mol. The Bertz CT molecular complexity index is 5260. The van der Waals surface area contributed by atoms with E-state index in [1.54, 1.807) is 0 Å². The minimum absolute atomic E-state index is 0.00123. The van der Waals surface area contributed by atoms with E-state index in [1.807, 2.05) is 12.2 Å². The van der Waals surface area contributed by atoms with E-state index in [1.165, 1.54) is 100 Å². The van der Waals surface area contributed by atoms with Crippen LogP contribution in [0.25, 0.3) is 62.2 Å². The predicted molar refractivity (Wildman–Crippen MR) is 425 cm³/mol. The largest absolute Gasteiger partial charge is 0.310 e. The third-order valence-corrected chi connectivity index (χ3v) is 21.4. The molecule has 3 aliphatic rings. The molecule has 0 amide bonds. The zero-order valence-electron chi connectivity index (χ0n) is 58.1. The first-order valence-electron chi connectivity index (χ1n) is 35.3. The van der Waals surface area contributed by atoms with Gasteiger partial charge in [-0.3, -0.25) is 0 Å². The lowest BCUT2D eigenvalue weighted by Crippen LogP contribution is -2.30. The number of hydrogen-bond acceptors (Lipinski definition) is 2. The van der Waals surface area contributed by atoms with Crippen molar-refractivity contribution in [2.24, 2.45) is 0 Å². The second kappa shape index (κ2) is 25.4. The fraction of sp³-hybridized carbons (Fsp3) is 0.122. The van der Waals surface area contributed by atoms with E-state index in [9.17, 15) is 0 Å². The molecule has 0 N–H and O–H groups in total. The molecule has 13 aromatic carbocycles. The summed E-state index contributed by atoms with van der Waals surface area (Å²) in [6.45, 7) is 22.1. The second-order valence-electron chi connectivity index (χ2n) is 29.2. The zero-order valence-corrected chi connectivity index (χ0v) is 58.1. The van der Waals surface area contributed by atoms with Crippen molar-refractivity contribution in [2.45, 2.75) is 76.0 Å². The summed E-state index contributed by atoms with van der Waals surface area (Å²) >= 11 is 0. The van der Waals surface area contributed by atoms with Crippen LogP contribution in [0.5, 0.6) is 0 Å². The lowest BCUT2D eigenvalue weighted by molar-refractivity contribution is 0.589. The Morgan fingerprint density at radius 2 is 0.640 bits per heavy atom. The Hall–Kier alpha value is -11.6. The van der Waals surface area contributed by atoms with Crippen LogP contribution in [0.15, 0.2) is 346 Å². The Morgan fingerprint density at radius 1 is 0.310 bits per heavy atom. The Morgan fingerprint density at radius 3 is 1.04 bits per heavy atom. The van der Waals surface area contributed by atoms with Gasteiger partial charge in [0.15, 0.2) is 0 Å². The number of benzene rings is 13. The molecule has 0 aromatic heterocycles. The molecule has 0 heterocycles. The van der Waals surface area contributed by atoms with Gasteiger partial charge in [-0.1, -0.05) is 322 Å². The molecule has 0 spiro atoms. The van der Waals surface area contributed by atoms with Crippen LogP contribution >= 0.6 is 0 Å². The molecular formula is C98H82N2. The highest BCUT2D eigenvalue weighted by atomic mass is 15.1. The molecular weight excluding hydrogens is 1210 g/mol. The van der Waals surface area contributed by atoms with Crippen molar-refractivity contribution in [3.05, 3.63) is 413 Å². The number of rotatable bonds is 15. The summed E-state index contributed by atoms with van der Waals surface area (Å²) in [5.74, 6) is 0. The topological polar surface area (TPSA) is 6.48 Å². The van der Waals surface area contributed by atoms with Crippen molar-refractivity contribution in [1.82, 2.24) is 0 Å². The summed E-state index contributed by atoms with van der Waals surface area (Å²) in [7, 11) is 0. The van der Waals surface area contributed by atoms with Gasteiger partial charge >= 0.3 is 0 Å². The van der Waals surface area contributed by atoms with Crippen molar-refractivity contribution in [1.29, 1.82) is 0 Å². The highest BCUT2D eigenvalue weighted by Crippen LogP contribution is 2.60. The molecule has 0 fully saturated rings. The number of anilines is 6. The average Bonchev–Trinajstić information content (AvgIpc) is 1.54. The Labute approximate surface area is 591 Å². The van der Waals surface area contributed by atoms with Gasteiger partial charge in [0.25, 0.3) is 0 Å². The molecule has 0 saturated carbocycles. The maximum absolute atomic E-state index is 4.16. The van der Waals surface area contributed by atoms with E-state index in [0.29, 0.717) is 0 Å². The Balaban J connectivity index is 0.811. The van der Waals surface area contributed by atoms with Gasteiger partial charge < -0.3 is 9.80 Å². The molecule has 2 heteroatoms. The summed E-state index contributed by atoms with van der Waals surface area (Å²) in [5.41, 5.74) is 32.5. The van der Waals surface area contributed by atoms with E-state index in [4.69, 9.17) is 0 Å². The molecule has 2 atom stereocenters. The first-order chi connectivity index (χ1) is 48.7. The molecule has 3 aliphatic carbocycles. The van der Waals surface area contributed by atoms with E-state index < -0.39 is 10.8 Å². The summed E-state index contributed by atoms with van der Waals surface area (Å²) in [6, 6.07) is 119. The van der Waals surface area contributed by atoms with Gasteiger partial charge in [-0.25, -0.2) is 0 Å². The molecule has 0 saturated heterocycles. The molecule has 0 bridgehead atoms. The van der Waals surface area contributed by atoms with Gasteiger partial charge in [0.1, 0.15) is 0 Å². The van der Waals surface area contributed by atoms with Gasteiger partial charge in [0.2, 0.25) is 0 Å². The van der Waals surface area contributed by atoms with Crippen LogP contribution in [-0.4, -0.2) is 0 Å². The maximum atomic E-state index is 4.16. The molecule has 0 aliphatic heterocycles. The molecule has 100 heavy (non-hydrogen) atoms. The number of nitrogens with zero attached hydrogens (tertiary/aromatic N) is 2. The van der Waals surface area contributed by atoms with Crippen LogP contribution in [0.3, 0.4) is 0 Å². The van der Waals surface area contributed by atoms with Crippen LogP contribution < -0.4 is 9.80 Å². The quantitative estimate of drug-likeness (QED) is 0.101. The second-order valence-corrected chi connectivity index (χ2v) is 29.2. The van der Waals surface area contributed by atoms with Crippen LogP contribution in [0.1, 0.15) is 121 Å². The summed E-state index contributed by atoms with van der Waals surface area (Å²) in [4.78, 5) is 4.89. The standard InChI is InChI=1S/C98H82N2/c1-9-67-29-41-77(42-30-67)97(79-49-45-75(46-50-79)95(3,4)5)91-27-19-17-25-87(91)89-63-61-85(65-93(89)97)99(81-53-33-71(34-54-81)69-21-13-11-14-22-69)83-57-37-73(38-58-83)74-39-59-84(60-40-74)100(82-55-35-72(36-56-82)70-23-15-12-16-24-70)86-62-64-90-88-26-18-20-28-92(88)98(94(90)66-86,78-43-31-68(10-2)32-44-78)80-51-47-76(48-52-80)96(6,7)8/h9-19,21-27,29-66H,1-2,20,28H2,3-8H3. The van der Waals surface area contributed by atoms with Gasteiger partial charge in [0.05, 0.1) is 10.8 Å². The predicted octanol–water partition coefficient (Wildman–Crippen LogP) is 26.3. The van der Waals surface area contributed by atoms with Crippen molar-refractivity contribution >= 4 is 51.8 Å². The summed E-state index contributed by atoms with van der Waals surface area (Å²) < 4.78 is 0. The smallest absolute Gasteiger partial charge is 0.0714 e. The number of allylic oxidation sites excluding steroid dienone is 4. The fourth-order valence-electron chi connectivity index (χ4n) is 16.3. The number of fused-ring (bicyclic) bond motifs is 5. The van der Waals surface area contributed by atoms with Crippen molar-refractivity contribution < 1.29 is 0 Å². The van der Waals surface area contributed by atoms with E-state index >= 15 is 0 Å². The third kappa shape index (κ3) is 10.9. The van der Waals surface area contributed by atoms with Gasteiger partial charge in [-0.2, -0.15) is 0 Å². The third-order valence-electron chi connectivity index (χ3n) is 21.4. The number of hydrogen-bond donors (Lipinski definition) is 0. The summed E-state index contributed by atoms with van der Waals surface area (Å²) in [6.07, 6.45) is 10.6. The molecule has 16 rings (SSSR count). The van der Waals surface area contributed by atoms with Gasteiger partial charge in [0, 0.05) is 34.1 Å². The van der Waals surface area contributed by atoms with Crippen molar-refractivity contribution in [2.75, 3.05) is 9.80 Å². The van der Waals surface area contributed by atoms with Crippen LogP contribution in [0.2, 0.25) is 0 Å². The van der Waals surface area contributed by atoms with Crippen LogP contribution in [0.4, 0.5) is 34.1 Å². The highest BCUT2D eigenvalue weighted by Gasteiger charge is 2.49. The first kappa shape index (κ1) is 63.2. The first-order valence-corrected chi connectivity index (χ1v) is 35.3. The van der Waals surface area contributed by atoms with Crippen molar-refractivity contribution in [3.63, 3.8) is 0 Å². The molecule has 484 valence electrons. The fourth-order valence-corrected chi connectivity index (χ4v) is 16.3. The minimum atomic E-state index is -0.616. The summed E-state index contributed by atoms with van der Waals surface area (Å²) in [5, 5.41) is 0. The van der Waals surface area contributed by atoms with E-state index in [0.717, 1.165) is 69.2 Å². The van der Waals surface area contributed by atoms with Crippen LogP contribution in [0, 0.1) is 0 Å². The maximum Gasteiger partial charge on any atom is 0.0714 e. The van der Waals surface area contributed by atoms with E-state index in [2.05, 4.69) is 392 Å². The molecule has 2 nitrogen and oxygen atoms in total. The minimum Gasteiger partial charge on any atom is -0.310 e. The zero-order chi connectivity index (χ0) is 68.3. The highest BCUT2D eigenvalue weighted by molar-refractivity contribution is 5.94. The monoisotopic (exact) mass is 1290 g/mol. The lowest BCUT2D eigenvalue weighted by atomic mass is 9.65. The normalized spacial score (nSPS) is 15.9. The van der Waals surface area contributed by atoms with Crippen LogP contribution in [-0.2, 0) is 21.7 Å². The van der Waals surface area contributed by atoms with Gasteiger partial charge in [-0.15, -0.1) is 0 Å².